The number of hydrogen-bond acceptors (Lipinski definition) is 4. The maximum absolute atomic E-state index is 12.8. The molecule has 1 aromatic rings. The molecule has 2 aliphatic carbocycles. The van der Waals surface area contributed by atoms with Gasteiger partial charge in [0.15, 0.2) is 5.76 Å². The number of carbonyl (C=O) groups is 2. The van der Waals surface area contributed by atoms with E-state index in [0.717, 1.165) is 26.1 Å². The van der Waals surface area contributed by atoms with Gasteiger partial charge in [0, 0.05) is 5.92 Å². The van der Waals surface area contributed by atoms with E-state index in [0.29, 0.717) is 24.8 Å². The third-order valence-electron chi connectivity index (χ3n) is 8.08. The molecule has 30 heavy (non-hydrogen) atoms. The van der Waals surface area contributed by atoms with Crippen molar-refractivity contribution in [2.24, 2.45) is 23.2 Å². The van der Waals surface area contributed by atoms with Crippen LogP contribution in [0.15, 0.2) is 34.5 Å². The molecule has 0 radical (unpaired) electrons. The predicted molar refractivity (Wildman–Crippen MR) is 111 cm³/mol. The van der Waals surface area contributed by atoms with Gasteiger partial charge in [-0.1, -0.05) is 31.9 Å². The highest BCUT2D eigenvalue weighted by molar-refractivity contribution is 5.91. The molecule has 0 aromatic carbocycles. The number of allylic oxidation sites excluding steroid dienone is 1. The number of amides is 1. The number of hydrogen-bond donors (Lipinski definition) is 1. The Morgan fingerprint density at radius 1 is 1.33 bits per heavy atom. The quantitative estimate of drug-likeness (QED) is 0.608. The molecule has 6 nitrogen and oxygen atoms in total. The van der Waals surface area contributed by atoms with Crippen molar-refractivity contribution in [1.29, 1.82) is 0 Å². The highest BCUT2D eigenvalue weighted by atomic mass is 16.6. The zero-order valence-electron chi connectivity index (χ0n) is 18.1. The van der Waals surface area contributed by atoms with Gasteiger partial charge in [-0.05, 0) is 42.7 Å². The van der Waals surface area contributed by atoms with Gasteiger partial charge in [-0.15, -0.1) is 0 Å². The summed E-state index contributed by atoms with van der Waals surface area (Å²) >= 11 is 0. The number of fused-ring (bicyclic) bond motifs is 2. The summed E-state index contributed by atoms with van der Waals surface area (Å²) in [7, 11) is 0. The Labute approximate surface area is 178 Å². The van der Waals surface area contributed by atoms with Crippen LogP contribution in [-0.2, 0) is 9.53 Å². The Balaban J connectivity index is 1.25. The molecule has 1 N–H and O–H groups in total. The Morgan fingerprint density at radius 3 is 2.87 bits per heavy atom. The van der Waals surface area contributed by atoms with Gasteiger partial charge in [0.25, 0.3) is 5.91 Å². The van der Waals surface area contributed by atoms with Crippen molar-refractivity contribution >= 4 is 11.9 Å². The van der Waals surface area contributed by atoms with Gasteiger partial charge in [0.1, 0.15) is 12.0 Å². The molecular formula is C24H33N2O4+. The van der Waals surface area contributed by atoms with E-state index in [2.05, 4.69) is 19.9 Å². The third-order valence-corrected chi connectivity index (χ3v) is 8.08. The summed E-state index contributed by atoms with van der Waals surface area (Å²) in [5.41, 5.74) is 1.78. The van der Waals surface area contributed by atoms with Crippen LogP contribution in [0, 0.1) is 23.2 Å². The Hall–Kier alpha value is -2.08. The van der Waals surface area contributed by atoms with Crippen molar-refractivity contribution in [2.75, 3.05) is 32.7 Å². The van der Waals surface area contributed by atoms with Crippen molar-refractivity contribution in [2.45, 2.75) is 45.6 Å². The molecular weight excluding hydrogens is 380 g/mol. The number of piperazine rings is 1. The fourth-order valence-electron chi connectivity index (χ4n) is 6.38. The topological polar surface area (TPSA) is 64.2 Å². The van der Waals surface area contributed by atoms with E-state index in [4.69, 9.17) is 9.15 Å². The van der Waals surface area contributed by atoms with Crippen LogP contribution in [-0.4, -0.2) is 55.6 Å². The van der Waals surface area contributed by atoms with Gasteiger partial charge in [-0.2, -0.15) is 0 Å². The first-order chi connectivity index (χ1) is 14.4. The average Bonchev–Trinajstić information content (AvgIpc) is 3.35. The summed E-state index contributed by atoms with van der Waals surface area (Å²) in [6.07, 6.45) is 8.74. The molecule has 2 saturated heterocycles. The molecule has 3 fully saturated rings. The predicted octanol–water partition coefficient (Wildman–Crippen LogP) is 1.93. The van der Waals surface area contributed by atoms with E-state index in [1.807, 2.05) is 4.90 Å². The largest absolute Gasteiger partial charge is 0.461 e. The number of nitrogens with one attached hydrogen (secondary N) is 1. The minimum Gasteiger partial charge on any atom is -0.461 e. The first-order valence-electron chi connectivity index (χ1n) is 11.5. The number of furan rings is 1. The molecule has 6 heteroatoms. The van der Waals surface area contributed by atoms with Crippen LogP contribution in [0.4, 0.5) is 0 Å². The molecule has 5 unspecified atom stereocenters. The molecule has 3 heterocycles. The summed E-state index contributed by atoms with van der Waals surface area (Å²) < 4.78 is 11.2. The van der Waals surface area contributed by atoms with Crippen LogP contribution in [0.3, 0.4) is 0 Å². The maximum Gasteiger partial charge on any atom is 0.315 e. The number of ether oxygens (including phenoxy) is 1. The first-order valence-corrected chi connectivity index (χ1v) is 11.5. The van der Waals surface area contributed by atoms with Crippen LogP contribution in [0.1, 0.15) is 50.1 Å². The molecule has 5 rings (SSSR count). The third kappa shape index (κ3) is 3.39. The van der Waals surface area contributed by atoms with Crippen molar-refractivity contribution in [3.8, 4) is 0 Å². The maximum atomic E-state index is 12.8. The lowest BCUT2D eigenvalue weighted by atomic mass is 9.59. The second kappa shape index (κ2) is 7.56. The van der Waals surface area contributed by atoms with Crippen molar-refractivity contribution in [1.82, 2.24) is 4.90 Å². The van der Waals surface area contributed by atoms with Crippen molar-refractivity contribution in [3.63, 3.8) is 0 Å². The molecule has 0 bridgehead atoms. The van der Waals surface area contributed by atoms with Crippen LogP contribution in [0.25, 0.3) is 0 Å². The number of esters is 1. The van der Waals surface area contributed by atoms with Crippen molar-refractivity contribution < 1.29 is 23.6 Å². The molecule has 1 saturated carbocycles. The van der Waals surface area contributed by atoms with Gasteiger partial charge in [0.05, 0.1) is 39.0 Å². The van der Waals surface area contributed by atoms with Crippen molar-refractivity contribution in [3.05, 3.63) is 35.8 Å². The molecule has 2 aliphatic heterocycles. The SMILES string of the molecule is CC1CCCC2(C)CC3OC(=O)C(C[NH+]4CCN(C(=O)c5ccco5)CC4)C3C=C12. The van der Waals surface area contributed by atoms with Gasteiger partial charge >= 0.3 is 5.97 Å². The fraction of sp³-hybridized carbons (Fsp3) is 0.667. The first kappa shape index (κ1) is 19.9. The zero-order valence-corrected chi connectivity index (χ0v) is 18.1. The summed E-state index contributed by atoms with van der Waals surface area (Å²) in [6.45, 7) is 8.62. The second-order valence-electron chi connectivity index (χ2n) is 10.1. The van der Waals surface area contributed by atoms with Gasteiger partial charge in [-0.3, -0.25) is 9.59 Å². The summed E-state index contributed by atoms with van der Waals surface area (Å²) in [4.78, 5) is 28.5. The summed E-state index contributed by atoms with van der Waals surface area (Å²) in [6, 6.07) is 3.46. The minimum atomic E-state index is -0.0523. The second-order valence-corrected chi connectivity index (χ2v) is 10.1. The van der Waals surface area contributed by atoms with Crippen LogP contribution in [0.5, 0.6) is 0 Å². The van der Waals surface area contributed by atoms with E-state index >= 15 is 0 Å². The molecule has 162 valence electrons. The minimum absolute atomic E-state index is 0.0154. The highest BCUT2D eigenvalue weighted by Crippen LogP contribution is 2.53. The smallest absolute Gasteiger partial charge is 0.315 e. The van der Waals surface area contributed by atoms with Gasteiger partial charge in [-0.25, -0.2) is 0 Å². The lowest BCUT2D eigenvalue weighted by molar-refractivity contribution is -0.906. The number of carbonyl (C=O) groups excluding carboxylic acids is 2. The van der Waals surface area contributed by atoms with Crippen LogP contribution >= 0.6 is 0 Å². The van der Waals surface area contributed by atoms with E-state index < -0.39 is 0 Å². The zero-order chi connectivity index (χ0) is 20.9. The van der Waals surface area contributed by atoms with Crippen LogP contribution < -0.4 is 4.90 Å². The van der Waals surface area contributed by atoms with Gasteiger partial charge in [0.2, 0.25) is 0 Å². The number of nitrogens with zero attached hydrogens (tertiary/aromatic N) is 1. The normalized spacial score (nSPS) is 36.7. The van der Waals surface area contributed by atoms with E-state index in [9.17, 15) is 9.59 Å². The number of rotatable bonds is 3. The summed E-state index contributed by atoms with van der Waals surface area (Å²) in [5.74, 6) is 1.13. The van der Waals surface area contributed by atoms with E-state index in [1.165, 1.54) is 30.4 Å². The molecule has 1 amide bonds. The molecule has 0 spiro atoms. The Morgan fingerprint density at radius 2 is 2.13 bits per heavy atom. The lowest BCUT2D eigenvalue weighted by Gasteiger charge is -2.46. The fourth-order valence-corrected chi connectivity index (χ4v) is 6.38. The van der Waals surface area contributed by atoms with E-state index in [1.54, 1.807) is 17.7 Å². The Bertz CT molecular complexity index is 839. The molecule has 4 aliphatic rings. The van der Waals surface area contributed by atoms with E-state index in [-0.39, 0.29) is 35.2 Å². The highest BCUT2D eigenvalue weighted by Gasteiger charge is 2.52. The Kier molecular flexibility index (Phi) is 5.00. The standard InChI is InChI=1S/C24H32N2O4/c1-16-5-3-7-24(2)14-21-17(13-19(16)24)18(23(28)30-21)15-25-8-10-26(11-9-25)22(27)20-6-4-12-29-20/h4,6,12-13,16-18,21H,3,5,7-11,14-15H2,1-2H3/p+1. The molecule has 5 atom stereocenters. The average molecular weight is 414 g/mol. The monoisotopic (exact) mass is 413 g/mol. The van der Waals surface area contributed by atoms with Crippen LogP contribution in [0.2, 0.25) is 0 Å². The lowest BCUT2D eigenvalue weighted by Crippen LogP contribution is -3.15. The summed E-state index contributed by atoms with van der Waals surface area (Å²) in [5, 5.41) is 0. The van der Waals surface area contributed by atoms with Gasteiger partial charge < -0.3 is 19.0 Å². The number of quaternary nitrogens is 1. The molecule has 1 aromatic heterocycles.